The lowest BCUT2D eigenvalue weighted by Gasteiger charge is -2.10. The van der Waals surface area contributed by atoms with E-state index in [0.717, 1.165) is 15.3 Å². The van der Waals surface area contributed by atoms with E-state index in [9.17, 15) is 4.79 Å². The van der Waals surface area contributed by atoms with Crippen LogP contribution in [0.4, 0.5) is 0 Å². The fourth-order valence-corrected chi connectivity index (χ4v) is 4.22. The summed E-state index contributed by atoms with van der Waals surface area (Å²) in [7, 11) is 0. The molecule has 31 heavy (non-hydrogen) atoms. The van der Waals surface area contributed by atoms with E-state index < -0.39 is 5.97 Å². The van der Waals surface area contributed by atoms with Crippen LogP contribution in [0, 0.1) is 6.92 Å². The van der Waals surface area contributed by atoms with Crippen LogP contribution in [-0.2, 0) is 9.53 Å². The number of esters is 1. The summed E-state index contributed by atoms with van der Waals surface area (Å²) in [6.07, 6.45) is 1.75. The van der Waals surface area contributed by atoms with Gasteiger partial charge in [0.05, 0.1) is 0 Å². The first-order chi connectivity index (χ1) is 15.2. The smallest absolute Gasteiger partial charge is 0.357 e. The van der Waals surface area contributed by atoms with Gasteiger partial charge in [-0.3, -0.25) is 0 Å². The molecule has 2 aromatic carbocycles. The molecule has 8 heteroatoms. The Kier molecular flexibility index (Phi) is 6.91. The SMILES string of the molecule is Cc1ccc(SCCOC(=O)/C(=C/c2cccs2)n2nnnc2-c2ccccc2)cc1. The maximum atomic E-state index is 13.0. The monoisotopic (exact) mass is 448 g/mol. The van der Waals surface area contributed by atoms with Crippen molar-refractivity contribution < 1.29 is 9.53 Å². The lowest BCUT2D eigenvalue weighted by Crippen LogP contribution is -2.16. The van der Waals surface area contributed by atoms with Gasteiger partial charge in [0, 0.05) is 21.1 Å². The molecular formula is C23H20N4O2S2. The van der Waals surface area contributed by atoms with Gasteiger partial charge in [-0.2, -0.15) is 4.68 Å². The van der Waals surface area contributed by atoms with E-state index in [2.05, 4.69) is 46.7 Å². The van der Waals surface area contributed by atoms with Crippen LogP contribution in [0.15, 0.2) is 77.0 Å². The number of thioether (sulfide) groups is 1. The highest BCUT2D eigenvalue weighted by atomic mass is 32.2. The zero-order chi connectivity index (χ0) is 21.5. The molecule has 0 fully saturated rings. The number of aromatic nitrogens is 4. The van der Waals surface area contributed by atoms with Crippen LogP contribution in [0.5, 0.6) is 0 Å². The average molecular weight is 449 g/mol. The molecule has 2 heterocycles. The Balaban J connectivity index is 1.51. The molecule has 0 N–H and O–H groups in total. The van der Waals surface area contributed by atoms with Gasteiger partial charge in [0.25, 0.3) is 0 Å². The average Bonchev–Trinajstić information content (AvgIpc) is 3.49. The van der Waals surface area contributed by atoms with Gasteiger partial charge in [-0.05, 0) is 47.0 Å². The normalized spacial score (nSPS) is 11.5. The second kappa shape index (κ2) is 10.2. The first-order valence-electron chi connectivity index (χ1n) is 9.67. The molecule has 0 radical (unpaired) electrons. The quantitative estimate of drug-likeness (QED) is 0.163. The highest BCUT2D eigenvalue weighted by Crippen LogP contribution is 2.23. The standard InChI is InChI=1S/C23H20N4O2S2/c1-17-9-11-19(12-10-17)31-15-13-29-23(28)21(16-20-8-5-14-30-20)27-22(24-25-26-27)18-6-3-2-4-7-18/h2-12,14,16H,13,15H2,1H3/b21-16-. The molecule has 0 spiro atoms. The topological polar surface area (TPSA) is 69.9 Å². The molecule has 0 saturated carbocycles. The van der Waals surface area contributed by atoms with Gasteiger partial charge >= 0.3 is 5.97 Å². The third kappa shape index (κ3) is 5.48. The van der Waals surface area contributed by atoms with Gasteiger partial charge in [-0.1, -0.05) is 54.1 Å². The van der Waals surface area contributed by atoms with E-state index in [1.54, 1.807) is 17.8 Å². The Morgan fingerprint density at radius 1 is 1.10 bits per heavy atom. The van der Waals surface area contributed by atoms with Crippen LogP contribution in [0.25, 0.3) is 23.2 Å². The van der Waals surface area contributed by atoms with Crippen molar-refractivity contribution in [2.24, 2.45) is 0 Å². The molecule has 0 atom stereocenters. The van der Waals surface area contributed by atoms with Crippen molar-refractivity contribution in [3.05, 3.63) is 82.6 Å². The van der Waals surface area contributed by atoms with Gasteiger partial charge in [-0.25, -0.2) is 4.79 Å². The number of aryl methyl sites for hydroxylation is 1. The molecule has 0 saturated heterocycles. The number of ether oxygens (including phenoxy) is 1. The zero-order valence-corrected chi connectivity index (χ0v) is 18.5. The number of thiophene rings is 1. The van der Waals surface area contributed by atoms with Crippen molar-refractivity contribution in [3.63, 3.8) is 0 Å². The van der Waals surface area contributed by atoms with E-state index in [1.807, 2.05) is 47.8 Å². The Bertz CT molecular complexity index is 1150. The predicted molar refractivity (Wildman–Crippen MR) is 125 cm³/mol. The van der Waals surface area contributed by atoms with Crippen molar-refractivity contribution in [2.75, 3.05) is 12.4 Å². The highest BCUT2D eigenvalue weighted by molar-refractivity contribution is 7.99. The molecule has 0 amide bonds. The summed E-state index contributed by atoms with van der Waals surface area (Å²) in [5, 5.41) is 13.9. The largest absolute Gasteiger partial charge is 0.460 e. The maximum Gasteiger partial charge on any atom is 0.357 e. The summed E-state index contributed by atoms with van der Waals surface area (Å²) < 4.78 is 7.01. The van der Waals surface area contributed by atoms with Crippen molar-refractivity contribution in [2.45, 2.75) is 11.8 Å². The fraction of sp³-hybridized carbons (Fsp3) is 0.130. The molecule has 4 rings (SSSR count). The number of carbonyl (C=O) groups excluding carboxylic acids is 1. The summed E-state index contributed by atoms with van der Waals surface area (Å²) >= 11 is 3.17. The molecule has 0 aliphatic heterocycles. The summed E-state index contributed by atoms with van der Waals surface area (Å²) in [5.41, 5.74) is 2.30. The number of hydrogen-bond acceptors (Lipinski definition) is 7. The molecule has 6 nitrogen and oxygen atoms in total. The Morgan fingerprint density at radius 2 is 1.90 bits per heavy atom. The summed E-state index contributed by atoms with van der Waals surface area (Å²) in [4.78, 5) is 15.0. The summed E-state index contributed by atoms with van der Waals surface area (Å²) in [5.74, 6) is 0.666. The summed E-state index contributed by atoms with van der Waals surface area (Å²) in [6.45, 7) is 2.34. The second-order valence-corrected chi connectivity index (χ2v) is 8.77. The van der Waals surface area contributed by atoms with Gasteiger partial charge in [-0.15, -0.1) is 28.2 Å². The van der Waals surface area contributed by atoms with Gasteiger partial charge < -0.3 is 4.74 Å². The number of nitrogens with zero attached hydrogens (tertiary/aromatic N) is 4. The van der Waals surface area contributed by atoms with Gasteiger partial charge in [0.2, 0.25) is 0 Å². The fourth-order valence-electron chi connectivity index (χ4n) is 2.83. The molecule has 0 bridgehead atoms. The Hall–Kier alpha value is -3.23. The van der Waals surface area contributed by atoms with Crippen LogP contribution >= 0.6 is 23.1 Å². The summed E-state index contributed by atoms with van der Waals surface area (Å²) in [6, 6.07) is 21.6. The molecule has 2 aromatic heterocycles. The maximum absolute atomic E-state index is 13.0. The molecular weight excluding hydrogens is 428 g/mol. The van der Waals surface area contributed by atoms with Crippen LogP contribution in [0.2, 0.25) is 0 Å². The second-order valence-electron chi connectivity index (χ2n) is 6.62. The highest BCUT2D eigenvalue weighted by Gasteiger charge is 2.20. The third-order valence-electron chi connectivity index (χ3n) is 4.37. The Labute approximate surface area is 188 Å². The van der Waals surface area contributed by atoms with Crippen molar-refractivity contribution in [3.8, 4) is 11.4 Å². The first kappa shape index (κ1) is 21.0. The zero-order valence-electron chi connectivity index (χ0n) is 16.8. The lowest BCUT2D eigenvalue weighted by molar-refractivity contribution is -0.136. The van der Waals surface area contributed by atoms with Gasteiger partial charge in [0.15, 0.2) is 11.5 Å². The van der Waals surface area contributed by atoms with Crippen molar-refractivity contribution in [1.82, 2.24) is 20.2 Å². The lowest BCUT2D eigenvalue weighted by atomic mass is 10.2. The number of tetrazole rings is 1. The van der Waals surface area contributed by atoms with E-state index in [-0.39, 0.29) is 12.3 Å². The van der Waals surface area contributed by atoms with Crippen molar-refractivity contribution >= 4 is 40.8 Å². The molecule has 0 aliphatic rings. The minimum atomic E-state index is -0.470. The number of hydrogen-bond donors (Lipinski definition) is 0. The number of rotatable bonds is 8. The van der Waals surface area contributed by atoms with Crippen LogP contribution < -0.4 is 0 Å². The van der Waals surface area contributed by atoms with Crippen LogP contribution in [-0.4, -0.2) is 38.5 Å². The minimum absolute atomic E-state index is 0.270. The first-order valence-corrected chi connectivity index (χ1v) is 11.5. The Morgan fingerprint density at radius 3 is 2.65 bits per heavy atom. The van der Waals surface area contributed by atoms with E-state index in [1.165, 1.54) is 21.6 Å². The number of benzene rings is 2. The van der Waals surface area contributed by atoms with E-state index >= 15 is 0 Å². The van der Waals surface area contributed by atoms with Crippen LogP contribution in [0.1, 0.15) is 10.4 Å². The third-order valence-corrected chi connectivity index (χ3v) is 6.16. The molecule has 0 aliphatic carbocycles. The van der Waals surface area contributed by atoms with E-state index in [4.69, 9.17) is 4.74 Å². The predicted octanol–water partition coefficient (Wildman–Crippen LogP) is 5.04. The number of carbonyl (C=O) groups is 1. The molecule has 4 aromatic rings. The molecule has 156 valence electrons. The van der Waals surface area contributed by atoms with Crippen LogP contribution in [0.3, 0.4) is 0 Å². The van der Waals surface area contributed by atoms with E-state index in [0.29, 0.717) is 11.6 Å². The van der Waals surface area contributed by atoms with Gasteiger partial charge in [0.1, 0.15) is 6.61 Å². The van der Waals surface area contributed by atoms with Crippen molar-refractivity contribution in [1.29, 1.82) is 0 Å². The minimum Gasteiger partial charge on any atom is -0.460 e. The molecule has 0 unspecified atom stereocenters.